The Bertz CT molecular complexity index is 618. The van der Waals surface area contributed by atoms with Gasteiger partial charge in [0.05, 0.1) is 11.0 Å². The van der Waals surface area contributed by atoms with E-state index >= 15 is 0 Å². The summed E-state index contributed by atoms with van der Waals surface area (Å²) in [5.74, 6) is 2.00. The molecule has 1 aromatic heterocycles. The predicted molar refractivity (Wildman–Crippen MR) is 82.0 cm³/mol. The zero-order valence-corrected chi connectivity index (χ0v) is 12.2. The van der Waals surface area contributed by atoms with Gasteiger partial charge < -0.3 is 9.88 Å². The van der Waals surface area contributed by atoms with E-state index in [2.05, 4.69) is 35.1 Å². The van der Waals surface area contributed by atoms with Crippen molar-refractivity contribution in [2.75, 3.05) is 6.54 Å². The van der Waals surface area contributed by atoms with E-state index in [-0.39, 0.29) is 0 Å². The highest BCUT2D eigenvalue weighted by Crippen LogP contribution is 2.36. The molecular formula is C17H23N3. The van der Waals surface area contributed by atoms with Crippen LogP contribution in [0.4, 0.5) is 0 Å². The van der Waals surface area contributed by atoms with Gasteiger partial charge in [0.1, 0.15) is 5.82 Å². The van der Waals surface area contributed by atoms with Crippen molar-refractivity contribution in [1.82, 2.24) is 14.9 Å². The Labute approximate surface area is 120 Å². The normalized spacial score (nSPS) is 23.4. The lowest BCUT2D eigenvalue weighted by Gasteiger charge is -2.24. The molecule has 106 valence electrons. The van der Waals surface area contributed by atoms with Gasteiger partial charge in [0, 0.05) is 19.0 Å². The molecule has 20 heavy (non-hydrogen) atoms. The molecule has 1 aliphatic carbocycles. The van der Waals surface area contributed by atoms with Gasteiger partial charge in [-0.25, -0.2) is 4.98 Å². The van der Waals surface area contributed by atoms with Gasteiger partial charge in [0.2, 0.25) is 0 Å². The Balaban J connectivity index is 1.65. The summed E-state index contributed by atoms with van der Waals surface area (Å²) in [6.45, 7) is 1.18. The number of nitrogens with zero attached hydrogens (tertiary/aromatic N) is 2. The molecule has 1 saturated heterocycles. The summed E-state index contributed by atoms with van der Waals surface area (Å²) in [5.41, 5.74) is 3.92. The summed E-state index contributed by atoms with van der Waals surface area (Å²) in [7, 11) is 2.18. The Hall–Kier alpha value is -1.35. The number of fused-ring (bicyclic) bond motifs is 1. The maximum Gasteiger partial charge on any atom is 0.112 e. The maximum atomic E-state index is 4.85. The largest absolute Gasteiger partial charge is 0.331 e. The molecule has 2 aliphatic rings. The van der Waals surface area contributed by atoms with Crippen molar-refractivity contribution in [3.8, 4) is 0 Å². The highest BCUT2D eigenvalue weighted by atomic mass is 15.1. The number of benzene rings is 1. The molecule has 1 saturated carbocycles. The maximum absolute atomic E-state index is 4.85. The van der Waals surface area contributed by atoms with Gasteiger partial charge in [-0.15, -0.1) is 0 Å². The van der Waals surface area contributed by atoms with E-state index in [1.54, 1.807) is 0 Å². The molecule has 0 bridgehead atoms. The monoisotopic (exact) mass is 269 g/mol. The van der Waals surface area contributed by atoms with E-state index in [9.17, 15) is 0 Å². The second-order valence-corrected chi connectivity index (χ2v) is 6.48. The van der Waals surface area contributed by atoms with Gasteiger partial charge in [-0.3, -0.25) is 0 Å². The fraction of sp³-hybridized carbons (Fsp3) is 0.588. The quantitative estimate of drug-likeness (QED) is 0.927. The minimum absolute atomic E-state index is 0.673. The Morgan fingerprint density at radius 1 is 1.25 bits per heavy atom. The zero-order chi connectivity index (χ0) is 13.5. The molecule has 1 aromatic carbocycles. The standard InChI is InChI=1S/C17H23N3/c1-20-16-11-12(10-14-6-3-9-18-14)7-8-15(16)19-17(20)13-4-2-5-13/h7-8,11,13-14,18H,2-6,9-10H2,1H3. The van der Waals surface area contributed by atoms with Crippen molar-refractivity contribution in [2.45, 2.75) is 50.5 Å². The van der Waals surface area contributed by atoms with E-state index in [0.29, 0.717) is 12.0 Å². The molecule has 0 amide bonds. The van der Waals surface area contributed by atoms with E-state index in [4.69, 9.17) is 4.98 Å². The van der Waals surface area contributed by atoms with Gasteiger partial charge in [-0.1, -0.05) is 12.5 Å². The van der Waals surface area contributed by atoms with Crippen molar-refractivity contribution >= 4 is 11.0 Å². The molecule has 2 heterocycles. The molecule has 1 unspecified atom stereocenters. The average molecular weight is 269 g/mol. The van der Waals surface area contributed by atoms with Gasteiger partial charge >= 0.3 is 0 Å². The van der Waals surface area contributed by atoms with Gasteiger partial charge in [-0.2, -0.15) is 0 Å². The molecule has 3 nitrogen and oxygen atoms in total. The molecule has 1 aliphatic heterocycles. The first kappa shape index (κ1) is 12.4. The Kier molecular flexibility index (Phi) is 3.03. The minimum atomic E-state index is 0.673. The third-order valence-corrected chi connectivity index (χ3v) is 5.09. The molecule has 1 N–H and O–H groups in total. The Morgan fingerprint density at radius 2 is 2.15 bits per heavy atom. The lowest BCUT2D eigenvalue weighted by molar-refractivity contribution is 0.394. The van der Waals surface area contributed by atoms with E-state index in [0.717, 1.165) is 11.9 Å². The highest BCUT2D eigenvalue weighted by Gasteiger charge is 2.24. The zero-order valence-electron chi connectivity index (χ0n) is 12.2. The molecule has 2 aromatic rings. The van der Waals surface area contributed by atoms with Crippen molar-refractivity contribution in [3.05, 3.63) is 29.6 Å². The number of aryl methyl sites for hydroxylation is 1. The lowest BCUT2D eigenvalue weighted by atomic mass is 9.85. The van der Waals surface area contributed by atoms with Crippen LogP contribution in [-0.2, 0) is 13.5 Å². The van der Waals surface area contributed by atoms with Gasteiger partial charge in [-0.05, 0) is 56.3 Å². The summed E-state index contributed by atoms with van der Waals surface area (Å²) < 4.78 is 2.32. The fourth-order valence-corrected chi connectivity index (χ4v) is 3.63. The molecule has 0 radical (unpaired) electrons. The topological polar surface area (TPSA) is 29.9 Å². The van der Waals surface area contributed by atoms with Crippen molar-refractivity contribution < 1.29 is 0 Å². The molecule has 3 heteroatoms. The predicted octanol–water partition coefficient (Wildman–Crippen LogP) is 3.14. The van der Waals surface area contributed by atoms with Crippen molar-refractivity contribution in [1.29, 1.82) is 0 Å². The van der Waals surface area contributed by atoms with Crippen LogP contribution in [-0.4, -0.2) is 22.1 Å². The second-order valence-electron chi connectivity index (χ2n) is 6.48. The molecule has 2 fully saturated rings. The third kappa shape index (κ3) is 2.05. The lowest BCUT2D eigenvalue weighted by Crippen LogP contribution is -2.23. The van der Waals surface area contributed by atoms with Crippen LogP contribution in [0, 0.1) is 0 Å². The van der Waals surface area contributed by atoms with Crippen LogP contribution in [0.5, 0.6) is 0 Å². The first-order chi connectivity index (χ1) is 9.81. The Morgan fingerprint density at radius 3 is 2.85 bits per heavy atom. The van der Waals surface area contributed by atoms with Crippen LogP contribution < -0.4 is 5.32 Å². The van der Waals surface area contributed by atoms with Crippen LogP contribution >= 0.6 is 0 Å². The van der Waals surface area contributed by atoms with Crippen molar-refractivity contribution in [3.63, 3.8) is 0 Å². The average Bonchev–Trinajstić information content (AvgIpc) is 2.99. The van der Waals surface area contributed by atoms with Crippen LogP contribution in [0.2, 0.25) is 0 Å². The van der Waals surface area contributed by atoms with Crippen LogP contribution in [0.1, 0.15) is 49.4 Å². The minimum Gasteiger partial charge on any atom is -0.331 e. The number of hydrogen-bond acceptors (Lipinski definition) is 2. The first-order valence-electron chi connectivity index (χ1n) is 8.00. The summed E-state index contributed by atoms with van der Waals surface area (Å²) in [5, 5.41) is 3.59. The fourth-order valence-electron chi connectivity index (χ4n) is 3.63. The number of nitrogens with one attached hydrogen (secondary N) is 1. The van der Waals surface area contributed by atoms with E-state index in [1.807, 2.05) is 0 Å². The molecule has 4 rings (SSSR count). The SMILES string of the molecule is Cn1c(C2CCC2)nc2ccc(CC3CCCN3)cc21. The summed E-state index contributed by atoms with van der Waals surface area (Å²) in [6, 6.07) is 7.50. The highest BCUT2D eigenvalue weighted by molar-refractivity contribution is 5.77. The van der Waals surface area contributed by atoms with Crippen LogP contribution in [0.15, 0.2) is 18.2 Å². The van der Waals surface area contributed by atoms with E-state index in [1.165, 1.54) is 55.6 Å². The summed E-state index contributed by atoms with van der Waals surface area (Å²) >= 11 is 0. The number of hydrogen-bond donors (Lipinski definition) is 1. The van der Waals surface area contributed by atoms with E-state index < -0.39 is 0 Å². The molecule has 0 spiro atoms. The second kappa shape index (κ2) is 4.88. The first-order valence-corrected chi connectivity index (χ1v) is 8.00. The van der Waals surface area contributed by atoms with Crippen molar-refractivity contribution in [2.24, 2.45) is 7.05 Å². The number of aromatic nitrogens is 2. The molecule has 1 atom stereocenters. The third-order valence-electron chi connectivity index (χ3n) is 5.09. The smallest absolute Gasteiger partial charge is 0.112 e. The summed E-state index contributed by atoms with van der Waals surface area (Å²) in [6.07, 6.45) is 7.79. The van der Waals surface area contributed by atoms with Crippen LogP contribution in [0.25, 0.3) is 11.0 Å². The van der Waals surface area contributed by atoms with Crippen LogP contribution in [0.3, 0.4) is 0 Å². The van der Waals surface area contributed by atoms with Gasteiger partial charge in [0.25, 0.3) is 0 Å². The van der Waals surface area contributed by atoms with Gasteiger partial charge in [0.15, 0.2) is 0 Å². The molecular weight excluding hydrogens is 246 g/mol. The summed E-state index contributed by atoms with van der Waals surface area (Å²) in [4.78, 5) is 4.85. The number of imidazole rings is 1. The number of rotatable bonds is 3.